The molecule has 3 aliphatic heterocycles. The van der Waals surface area contributed by atoms with Gasteiger partial charge in [0.15, 0.2) is 23.0 Å². The summed E-state index contributed by atoms with van der Waals surface area (Å²) in [5.74, 6) is 1.67. The largest absolute Gasteiger partial charge is 0.486 e. The van der Waals surface area contributed by atoms with Crippen LogP contribution in [0.15, 0.2) is 34.8 Å². The Labute approximate surface area is 174 Å². The number of hydrogen-bond acceptors (Lipinski definition) is 6. The first kappa shape index (κ1) is 18.1. The van der Waals surface area contributed by atoms with Gasteiger partial charge in [-0.2, -0.15) is 0 Å². The molecule has 5 rings (SSSR count). The highest BCUT2D eigenvalue weighted by atomic mass is 79.9. The number of fused-ring (bicyclic) bond motifs is 2. The SMILES string of the molecule is O=C(Nc1cc2c(cc1Br)OCCO2)C1CC(=O)N(c2ccc3c(c2)OCO3)C1. The lowest BCUT2D eigenvalue weighted by Crippen LogP contribution is -2.28. The number of anilines is 2. The predicted molar refractivity (Wildman–Crippen MR) is 107 cm³/mol. The van der Waals surface area contributed by atoms with Crippen LogP contribution in [0, 0.1) is 5.92 Å². The second-order valence-electron chi connectivity index (χ2n) is 6.91. The van der Waals surface area contributed by atoms with Crippen molar-refractivity contribution in [2.24, 2.45) is 5.92 Å². The number of nitrogens with zero attached hydrogens (tertiary/aromatic N) is 1. The average Bonchev–Trinajstić information content (AvgIpc) is 3.34. The summed E-state index contributed by atoms with van der Waals surface area (Å²) in [6.45, 7) is 1.42. The number of benzene rings is 2. The van der Waals surface area contributed by atoms with Gasteiger partial charge < -0.3 is 29.2 Å². The van der Waals surface area contributed by atoms with Crippen molar-refractivity contribution in [2.45, 2.75) is 6.42 Å². The van der Waals surface area contributed by atoms with E-state index in [0.717, 1.165) is 0 Å². The molecule has 0 aromatic heterocycles. The Kier molecular flexibility index (Phi) is 4.46. The molecule has 9 heteroatoms. The average molecular weight is 461 g/mol. The van der Waals surface area contributed by atoms with Crippen LogP contribution in [0.3, 0.4) is 0 Å². The second kappa shape index (κ2) is 7.14. The van der Waals surface area contributed by atoms with Crippen molar-refractivity contribution >= 4 is 39.1 Å². The molecule has 29 heavy (non-hydrogen) atoms. The number of nitrogens with one attached hydrogen (secondary N) is 1. The molecule has 2 aromatic rings. The van der Waals surface area contributed by atoms with Crippen molar-refractivity contribution in [1.82, 2.24) is 0 Å². The third-order valence-electron chi connectivity index (χ3n) is 5.05. The van der Waals surface area contributed by atoms with Gasteiger partial charge >= 0.3 is 0 Å². The number of carbonyl (C=O) groups excluding carboxylic acids is 2. The molecule has 2 aromatic carbocycles. The van der Waals surface area contributed by atoms with Crippen LogP contribution >= 0.6 is 15.9 Å². The minimum atomic E-state index is -0.465. The van der Waals surface area contributed by atoms with Gasteiger partial charge in [-0.15, -0.1) is 0 Å². The Hall–Kier alpha value is -2.94. The maximum Gasteiger partial charge on any atom is 0.231 e. The summed E-state index contributed by atoms with van der Waals surface area (Å²) in [7, 11) is 0. The number of halogens is 1. The molecule has 1 fully saturated rings. The van der Waals surface area contributed by atoms with Crippen LogP contribution in [0.2, 0.25) is 0 Å². The lowest BCUT2D eigenvalue weighted by atomic mass is 10.1. The smallest absolute Gasteiger partial charge is 0.231 e. The van der Waals surface area contributed by atoms with Gasteiger partial charge in [0.2, 0.25) is 18.6 Å². The summed E-state index contributed by atoms with van der Waals surface area (Å²) in [4.78, 5) is 26.9. The van der Waals surface area contributed by atoms with Gasteiger partial charge in [-0.1, -0.05) is 0 Å². The summed E-state index contributed by atoms with van der Waals surface area (Å²) < 4.78 is 22.5. The molecule has 2 amide bonds. The fourth-order valence-electron chi connectivity index (χ4n) is 3.58. The quantitative estimate of drug-likeness (QED) is 0.757. The first-order valence-electron chi connectivity index (χ1n) is 9.18. The normalized spacial score (nSPS) is 19.4. The molecule has 1 atom stereocenters. The van der Waals surface area contributed by atoms with E-state index >= 15 is 0 Å². The minimum absolute atomic E-state index is 0.106. The van der Waals surface area contributed by atoms with Crippen LogP contribution in [0.4, 0.5) is 11.4 Å². The molecule has 0 bridgehead atoms. The molecule has 150 valence electrons. The maximum absolute atomic E-state index is 12.8. The molecule has 0 aliphatic carbocycles. The maximum atomic E-state index is 12.8. The van der Waals surface area contributed by atoms with Gasteiger partial charge in [0.05, 0.1) is 11.6 Å². The zero-order valence-electron chi connectivity index (χ0n) is 15.3. The van der Waals surface area contributed by atoms with Crippen LogP contribution in [-0.2, 0) is 9.59 Å². The van der Waals surface area contributed by atoms with Gasteiger partial charge in [-0.05, 0) is 28.1 Å². The third kappa shape index (κ3) is 3.35. The Morgan fingerprint density at radius 2 is 1.72 bits per heavy atom. The number of carbonyl (C=O) groups is 2. The molecule has 0 radical (unpaired) electrons. The fraction of sp³-hybridized carbons (Fsp3) is 0.300. The molecule has 3 aliphatic rings. The van der Waals surface area contributed by atoms with Gasteiger partial charge in [0.1, 0.15) is 13.2 Å². The molecule has 8 nitrogen and oxygen atoms in total. The molecular weight excluding hydrogens is 444 g/mol. The standard InChI is InChI=1S/C20H17BrN2O6/c21-13-7-17-18(27-4-3-26-17)8-14(13)22-20(25)11-5-19(24)23(9-11)12-1-2-15-16(6-12)29-10-28-15/h1-2,6-8,11H,3-5,9-10H2,(H,22,25). The molecule has 1 unspecified atom stereocenters. The zero-order valence-corrected chi connectivity index (χ0v) is 16.9. The predicted octanol–water partition coefficient (Wildman–Crippen LogP) is 2.94. The highest BCUT2D eigenvalue weighted by Gasteiger charge is 2.36. The van der Waals surface area contributed by atoms with E-state index in [4.69, 9.17) is 18.9 Å². The Morgan fingerprint density at radius 1 is 1.00 bits per heavy atom. The first-order valence-corrected chi connectivity index (χ1v) is 9.98. The summed E-state index contributed by atoms with van der Waals surface area (Å²) in [6, 6.07) is 8.82. The molecule has 0 spiro atoms. The van der Waals surface area contributed by atoms with Crippen LogP contribution in [-0.4, -0.2) is 38.4 Å². The van der Waals surface area contributed by atoms with E-state index in [1.165, 1.54) is 0 Å². The topological polar surface area (TPSA) is 86.3 Å². The van der Waals surface area contributed by atoms with Crippen molar-refractivity contribution in [3.05, 3.63) is 34.8 Å². The fourth-order valence-corrected chi connectivity index (χ4v) is 4.00. The first-order chi connectivity index (χ1) is 14.1. The van der Waals surface area contributed by atoms with E-state index in [0.29, 0.717) is 58.6 Å². The summed E-state index contributed by atoms with van der Waals surface area (Å²) >= 11 is 3.45. The Morgan fingerprint density at radius 3 is 2.55 bits per heavy atom. The van der Waals surface area contributed by atoms with Crippen LogP contribution < -0.4 is 29.2 Å². The minimum Gasteiger partial charge on any atom is -0.486 e. The van der Waals surface area contributed by atoms with Gasteiger partial charge in [0.25, 0.3) is 0 Å². The number of amides is 2. The van der Waals surface area contributed by atoms with Gasteiger partial charge in [-0.3, -0.25) is 9.59 Å². The van der Waals surface area contributed by atoms with Crippen LogP contribution in [0.25, 0.3) is 0 Å². The lowest BCUT2D eigenvalue weighted by molar-refractivity contribution is -0.122. The molecule has 1 saturated heterocycles. The molecule has 1 N–H and O–H groups in total. The summed E-state index contributed by atoms with van der Waals surface area (Å²) in [5.41, 5.74) is 1.27. The third-order valence-corrected chi connectivity index (χ3v) is 5.71. The Balaban J connectivity index is 1.31. The van der Waals surface area contributed by atoms with E-state index in [9.17, 15) is 9.59 Å². The summed E-state index contributed by atoms with van der Waals surface area (Å²) in [6.07, 6.45) is 0.141. The van der Waals surface area contributed by atoms with Crippen molar-refractivity contribution in [2.75, 3.05) is 36.8 Å². The summed E-state index contributed by atoms with van der Waals surface area (Å²) in [5, 5.41) is 2.89. The van der Waals surface area contributed by atoms with Crippen molar-refractivity contribution in [3.8, 4) is 23.0 Å². The van der Waals surface area contributed by atoms with Crippen molar-refractivity contribution in [3.63, 3.8) is 0 Å². The second-order valence-corrected chi connectivity index (χ2v) is 7.76. The number of ether oxygens (including phenoxy) is 4. The monoisotopic (exact) mass is 460 g/mol. The van der Waals surface area contributed by atoms with Crippen molar-refractivity contribution < 1.29 is 28.5 Å². The van der Waals surface area contributed by atoms with E-state index in [1.807, 2.05) is 0 Å². The number of hydrogen-bond donors (Lipinski definition) is 1. The van der Waals surface area contributed by atoms with Crippen LogP contribution in [0.1, 0.15) is 6.42 Å². The molecular formula is C20H17BrN2O6. The van der Waals surface area contributed by atoms with E-state index in [1.54, 1.807) is 35.2 Å². The zero-order chi connectivity index (χ0) is 20.0. The Bertz CT molecular complexity index is 1010. The van der Waals surface area contributed by atoms with Crippen LogP contribution in [0.5, 0.6) is 23.0 Å². The molecule has 0 saturated carbocycles. The van der Waals surface area contributed by atoms with Gasteiger partial charge in [0, 0.05) is 41.3 Å². The van der Waals surface area contributed by atoms with E-state index < -0.39 is 5.92 Å². The molecule has 3 heterocycles. The number of rotatable bonds is 3. The van der Waals surface area contributed by atoms with Gasteiger partial charge in [-0.25, -0.2) is 0 Å². The lowest BCUT2D eigenvalue weighted by Gasteiger charge is -2.20. The highest BCUT2D eigenvalue weighted by molar-refractivity contribution is 9.10. The van der Waals surface area contributed by atoms with E-state index in [2.05, 4.69) is 21.2 Å². The highest BCUT2D eigenvalue weighted by Crippen LogP contribution is 2.39. The van der Waals surface area contributed by atoms with Crippen molar-refractivity contribution in [1.29, 1.82) is 0 Å². The van der Waals surface area contributed by atoms with E-state index in [-0.39, 0.29) is 25.0 Å².